The summed E-state index contributed by atoms with van der Waals surface area (Å²) in [5.41, 5.74) is 1.000. The van der Waals surface area contributed by atoms with E-state index in [1.807, 2.05) is 12.1 Å². The Labute approximate surface area is 121 Å². The summed E-state index contributed by atoms with van der Waals surface area (Å²) < 4.78 is 0. The quantitative estimate of drug-likeness (QED) is 0.860. The van der Waals surface area contributed by atoms with Gasteiger partial charge in [-0.05, 0) is 37.4 Å². The van der Waals surface area contributed by atoms with Gasteiger partial charge in [-0.15, -0.1) is 0 Å². The summed E-state index contributed by atoms with van der Waals surface area (Å²) in [6.45, 7) is 8.60. The Balaban J connectivity index is 1.98. The zero-order chi connectivity index (χ0) is 13.7. The first-order valence-corrected chi connectivity index (χ1v) is 7.72. The molecule has 0 bridgehead atoms. The van der Waals surface area contributed by atoms with Gasteiger partial charge in [0, 0.05) is 19.6 Å². The van der Waals surface area contributed by atoms with Gasteiger partial charge in [0.25, 0.3) is 0 Å². The van der Waals surface area contributed by atoms with E-state index >= 15 is 0 Å². The molecule has 0 aliphatic carbocycles. The van der Waals surface area contributed by atoms with Crippen LogP contribution < -0.4 is 5.32 Å². The van der Waals surface area contributed by atoms with Crippen molar-refractivity contribution in [2.45, 2.75) is 39.7 Å². The van der Waals surface area contributed by atoms with E-state index in [2.05, 4.69) is 29.0 Å². The van der Waals surface area contributed by atoms with Crippen molar-refractivity contribution in [3.63, 3.8) is 0 Å². The standard InChI is InChI=1S/C15H24ClN3/c1-3-8-17-15-6-5-13(16)14(18-15)11-19-9-7-12(4-2)10-19/h5-6,12H,3-4,7-11H2,1-2H3,(H,17,18). The zero-order valence-corrected chi connectivity index (χ0v) is 12.7. The number of hydrogen-bond acceptors (Lipinski definition) is 3. The molecule has 0 radical (unpaired) electrons. The molecule has 0 spiro atoms. The number of aromatic nitrogens is 1. The highest BCUT2D eigenvalue weighted by atomic mass is 35.5. The summed E-state index contributed by atoms with van der Waals surface area (Å²) in [7, 11) is 0. The molecule has 0 amide bonds. The maximum Gasteiger partial charge on any atom is 0.126 e. The summed E-state index contributed by atoms with van der Waals surface area (Å²) in [5, 5.41) is 4.10. The smallest absolute Gasteiger partial charge is 0.126 e. The Bertz CT molecular complexity index is 408. The Morgan fingerprint density at radius 2 is 2.26 bits per heavy atom. The van der Waals surface area contributed by atoms with Crippen LogP contribution in [-0.4, -0.2) is 29.5 Å². The van der Waals surface area contributed by atoms with E-state index in [0.29, 0.717) is 0 Å². The van der Waals surface area contributed by atoms with Crippen LogP contribution in [-0.2, 0) is 6.54 Å². The highest BCUT2D eigenvalue weighted by Crippen LogP contribution is 2.24. The number of rotatable bonds is 6. The van der Waals surface area contributed by atoms with Gasteiger partial charge in [0.2, 0.25) is 0 Å². The average molecular weight is 282 g/mol. The minimum atomic E-state index is 0.780. The van der Waals surface area contributed by atoms with E-state index in [0.717, 1.165) is 42.0 Å². The number of nitrogens with one attached hydrogen (secondary N) is 1. The van der Waals surface area contributed by atoms with Gasteiger partial charge in [0.1, 0.15) is 5.82 Å². The number of likely N-dealkylation sites (tertiary alicyclic amines) is 1. The lowest BCUT2D eigenvalue weighted by atomic mass is 10.1. The molecule has 1 aliphatic rings. The first-order chi connectivity index (χ1) is 9.22. The lowest BCUT2D eigenvalue weighted by Gasteiger charge is -2.16. The van der Waals surface area contributed by atoms with Crippen molar-refractivity contribution < 1.29 is 0 Å². The minimum absolute atomic E-state index is 0.780. The predicted octanol–water partition coefficient (Wildman–Crippen LogP) is 3.79. The first-order valence-electron chi connectivity index (χ1n) is 7.34. The lowest BCUT2D eigenvalue weighted by molar-refractivity contribution is 0.311. The SMILES string of the molecule is CCCNc1ccc(Cl)c(CN2CCC(CC)C2)n1. The lowest BCUT2D eigenvalue weighted by Crippen LogP contribution is -2.21. The van der Waals surface area contributed by atoms with E-state index in [4.69, 9.17) is 11.6 Å². The van der Waals surface area contributed by atoms with Crippen LogP contribution in [0.3, 0.4) is 0 Å². The molecule has 1 unspecified atom stereocenters. The number of nitrogens with zero attached hydrogens (tertiary/aromatic N) is 2. The highest BCUT2D eigenvalue weighted by Gasteiger charge is 2.21. The molecule has 1 atom stereocenters. The molecule has 2 heterocycles. The van der Waals surface area contributed by atoms with Crippen LogP contribution >= 0.6 is 11.6 Å². The van der Waals surface area contributed by atoms with E-state index in [-0.39, 0.29) is 0 Å². The summed E-state index contributed by atoms with van der Waals surface area (Å²) >= 11 is 6.26. The Hall–Kier alpha value is -0.800. The summed E-state index contributed by atoms with van der Waals surface area (Å²) in [4.78, 5) is 7.10. The van der Waals surface area contributed by atoms with E-state index < -0.39 is 0 Å². The van der Waals surface area contributed by atoms with E-state index in [1.165, 1.54) is 25.9 Å². The maximum absolute atomic E-state index is 6.26. The third-order valence-electron chi connectivity index (χ3n) is 3.80. The third-order valence-corrected chi connectivity index (χ3v) is 4.14. The fourth-order valence-corrected chi connectivity index (χ4v) is 2.71. The summed E-state index contributed by atoms with van der Waals surface area (Å²) in [5.74, 6) is 1.78. The number of hydrogen-bond donors (Lipinski definition) is 1. The van der Waals surface area contributed by atoms with Crippen molar-refractivity contribution in [1.82, 2.24) is 9.88 Å². The third kappa shape index (κ3) is 4.08. The topological polar surface area (TPSA) is 28.2 Å². The number of halogens is 1. The average Bonchev–Trinajstić information content (AvgIpc) is 2.87. The van der Waals surface area contributed by atoms with Crippen LogP contribution in [0.5, 0.6) is 0 Å². The van der Waals surface area contributed by atoms with Crippen LogP contribution in [0.4, 0.5) is 5.82 Å². The van der Waals surface area contributed by atoms with Crippen molar-refractivity contribution in [3.8, 4) is 0 Å². The largest absolute Gasteiger partial charge is 0.370 e. The van der Waals surface area contributed by atoms with Crippen LogP contribution in [0.15, 0.2) is 12.1 Å². The van der Waals surface area contributed by atoms with Crippen LogP contribution in [0, 0.1) is 5.92 Å². The van der Waals surface area contributed by atoms with E-state index in [1.54, 1.807) is 0 Å². The van der Waals surface area contributed by atoms with Gasteiger partial charge in [0.05, 0.1) is 10.7 Å². The molecule has 0 saturated carbocycles. The molecule has 4 heteroatoms. The first kappa shape index (κ1) is 14.6. The minimum Gasteiger partial charge on any atom is -0.370 e. The van der Waals surface area contributed by atoms with Crippen molar-refractivity contribution in [3.05, 3.63) is 22.8 Å². The molecule has 1 saturated heterocycles. The van der Waals surface area contributed by atoms with E-state index in [9.17, 15) is 0 Å². The van der Waals surface area contributed by atoms with Crippen molar-refractivity contribution >= 4 is 17.4 Å². The normalized spacial score (nSPS) is 19.8. The Morgan fingerprint density at radius 1 is 1.42 bits per heavy atom. The maximum atomic E-state index is 6.26. The van der Waals surface area contributed by atoms with Crippen LogP contribution in [0.2, 0.25) is 5.02 Å². The fourth-order valence-electron chi connectivity index (χ4n) is 2.55. The molecular formula is C15H24ClN3. The molecule has 0 aromatic carbocycles. The van der Waals surface area contributed by atoms with Crippen molar-refractivity contribution in [2.75, 3.05) is 25.0 Å². The molecule has 1 aliphatic heterocycles. The molecule has 106 valence electrons. The molecule has 19 heavy (non-hydrogen) atoms. The molecular weight excluding hydrogens is 258 g/mol. The molecule has 2 rings (SSSR count). The second kappa shape index (κ2) is 7.11. The molecule has 1 aromatic heterocycles. The monoisotopic (exact) mass is 281 g/mol. The van der Waals surface area contributed by atoms with Gasteiger partial charge in [-0.3, -0.25) is 4.90 Å². The highest BCUT2D eigenvalue weighted by molar-refractivity contribution is 6.31. The Kier molecular flexibility index (Phi) is 5.46. The van der Waals surface area contributed by atoms with Crippen molar-refractivity contribution in [2.24, 2.45) is 5.92 Å². The van der Waals surface area contributed by atoms with Crippen molar-refractivity contribution in [1.29, 1.82) is 0 Å². The van der Waals surface area contributed by atoms with Gasteiger partial charge in [-0.1, -0.05) is 31.9 Å². The number of pyridine rings is 1. The molecule has 1 fully saturated rings. The number of anilines is 1. The van der Waals surface area contributed by atoms with Gasteiger partial charge >= 0.3 is 0 Å². The molecule has 3 nitrogen and oxygen atoms in total. The second-order valence-corrected chi connectivity index (χ2v) is 5.76. The second-order valence-electron chi connectivity index (χ2n) is 5.35. The Morgan fingerprint density at radius 3 is 2.95 bits per heavy atom. The molecule has 1 N–H and O–H groups in total. The van der Waals surface area contributed by atoms with Gasteiger partial charge in [-0.2, -0.15) is 0 Å². The predicted molar refractivity (Wildman–Crippen MR) is 81.7 cm³/mol. The summed E-state index contributed by atoms with van der Waals surface area (Å²) in [6.07, 6.45) is 3.68. The van der Waals surface area contributed by atoms with Crippen LogP contribution in [0.1, 0.15) is 38.8 Å². The van der Waals surface area contributed by atoms with Gasteiger partial charge in [0.15, 0.2) is 0 Å². The molecule has 1 aromatic rings. The van der Waals surface area contributed by atoms with Gasteiger partial charge in [-0.25, -0.2) is 4.98 Å². The van der Waals surface area contributed by atoms with Crippen LogP contribution in [0.25, 0.3) is 0 Å². The van der Waals surface area contributed by atoms with Gasteiger partial charge < -0.3 is 5.32 Å². The fraction of sp³-hybridized carbons (Fsp3) is 0.667. The summed E-state index contributed by atoms with van der Waals surface area (Å²) in [6, 6.07) is 3.91. The zero-order valence-electron chi connectivity index (χ0n) is 12.0.